The number of nitrogens with one attached hydrogen (secondary N) is 2. The molecule has 8 nitrogen and oxygen atoms in total. The predicted octanol–water partition coefficient (Wildman–Crippen LogP) is 3.19. The zero-order valence-corrected chi connectivity index (χ0v) is 18.5. The Bertz CT molecular complexity index is 986. The van der Waals surface area contributed by atoms with Crippen molar-refractivity contribution in [1.82, 2.24) is 4.72 Å². The van der Waals surface area contributed by atoms with Gasteiger partial charge in [-0.2, -0.15) is 0 Å². The number of hydrogen-bond acceptors (Lipinski definition) is 6. The van der Waals surface area contributed by atoms with E-state index in [1.807, 2.05) is 13.8 Å². The number of ether oxygens (including phenoxy) is 3. The van der Waals surface area contributed by atoms with Crippen molar-refractivity contribution in [2.24, 2.45) is 0 Å². The summed E-state index contributed by atoms with van der Waals surface area (Å²) in [6.45, 7) is 5.58. The minimum Gasteiger partial charge on any atom is -0.490 e. The van der Waals surface area contributed by atoms with Crippen molar-refractivity contribution < 1.29 is 27.4 Å². The van der Waals surface area contributed by atoms with Gasteiger partial charge >= 0.3 is 0 Å². The molecular weight excluding hydrogens is 420 g/mol. The highest BCUT2D eigenvalue weighted by Crippen LogP contribution is 2.29. The number of hydrogen-bond donors (Lipinski definition) is 2. The molecule has 0 radical (unpaired) electrons. The van der Waals surface area contributed by atoms with Crippen LogP contribution in [0, 0.1) is 0 Å². The first-order chi connectivity index (χ1) is 14.9. The van der Waals surface area contributed by atoms with Crippen molar-refractivity contribution in [3.63, 3.8) is 0 Å². The molecule has 0 aliphatic carbocycles. The zero-order valence-electron chi connectivity index (χ0n) is 17.7. The first kappa shape index (κ1) is 23.1. The number of carbonyl (C=O) groups is 1. The van der Waals surface area contributed by atoms with Crippen molar-refractivity contribution in [3.05, 3.63) is 48.0 Å². The molecule has 0 unspecified atom stereocenters. The topological polar surface area (TPSA) is 103 Å². The number of benzene rings is 2. The predicted molar refractivity (Wildman–Crippen MR) is 117 cm³/mol. The smallest absolute Gasteiger partial charge is 0.255 e. The van der Waals surface area contributed by atoms with Crippen molar-refractivity contribution in [1.29, 1.82) is 0 Å². The molecular formula is C22H28N2O6S. The number of rotatable bonds is 10. The highest BCUT2D eigenvalue weighted by Gasteiger charge is 2.20. The molecule has 1 aliphatic rings. The second-order valence-electron chi connectivity index (χ2n) is 6.99. The lowest BCUT2D eigenvalue weighted by Crippen LogP contribution is -2.31. The molecule has 168 valence electrons. The number of carbonyl (C=O) groups excluding carboxylic acids is 1. The van der Waals surface area contributed by atoms with Crippen LogP contribution in [0.15, 0.2) is 47.4 Å². The van der Waals surface area contributed by atoms with Gasteiger partial charge in [0.05, 0.1) is 24.2 Å². The fourth-order valence-corrected chi connectivity index (χ4v) is 4.27. The summed E-state index contributed by atoms with van der Waals surface area (Å²) in [4.78, 5) is 12.7. The Morgan fingerprint density at radius 2 is 1.77 bits per heavy atom. The van der Waals surface area contributed by atoms with E-state index in [2.05, 4.69) is 10.0 Å². The summed E-state index contributed by atoms with van der Waals surface area (Å²) in [7, 11) is -3.64. The Balaban J connectivity index is 1.65. The molecule has 0 aromatic heterocycles. The molecule has 0 spiro atoms. The first-order valence-corrected chi connectivity index (χ1v) is 11.8. The standard InChI is InChI=1S/C22H28N2O6S/c1-3-28-20-12-7-16(14-21(20)29-4-2)22(25)24-17-8-10-19(11-9-17)31(26,27)23-15-18-6-5-13-30-18/h7-12,14,18,23H,3-6,13,15H2,1-2H3,(H,24,25)/t18-/m0/s1. The highest BCUT2D eigenvalue weighted by molar-refractivity contribution is 7.89. The molecule has 1 saturated heterocycles. The maximum atomic E-state index is 12.6. The van der Waals surface area contributed by atoms with E-state index in [0.717, 1.165) is 12.8 Å². The van der Waals surface area contributed by atoms with Gasteiger partial charge in [-0.3, -0.25) is 4.79 Å². The van der Waals surface area contributed by atoms with E-state index in [1.54, 1.807) is 30.3 Å². The molecule has 2 aromatic rings. The van der Waals surface area contributed by atoms with Gasteiger partial charge in [-0.25, -0.2) is 13.1 Å². The normalized spacial score (nSPS) is 16.1. The summed E-state index contributed by atoms with van der Waals surface area (Å²) in [5.41, 5.74) is 0.886. The maximum absolute atomic E-state index is 12.6. The SMILES string of the molecule is CCOc1ccc(C(=O)Nc2ccc(S(=O)(=O)NC[C@@H]3CCCO3)cc2)cc1OCC. The highest BCUT2D eigenvalue weighted by atomic mass is 32.2. The van der Waals surface area contributed by atoms with Gasteiger partial charge < -0.3 is 19.5 Å². The van der Waals surface area contributed by atoms with E-state index in [0.29, 0.717) is 42.6 Å². The van der Waals surface area contributed by atoms with Crippen LogP contribution in [0.1, 0.15) is 37.0 Å². The van der Waals surface area contributed by atoms with Crippen LogP contribution in [0.5, 0.6) is 11.5 Å². The van der Waals surface area contributed by atoms with Crippen LogP contribution in [0.3, 0.4) is 0 Å². The van der Waals surface area contributed by atoms with Gasteiger partial charge in [-0.05, 0) is 69.2 Å². The van der Waals surface area contributed by atoms with Crippen LogP contribution in [-0.2, 0) is 14.8 Å². The van der Waals surface area contributed by atoms with Crippen LogP contribution in [-0.4, -0.2) is 46.8 Å². The van der Waals surface area contributed by atoms with Gasteiger partial charge in [0.25, 0.3) is 5.91 Å². The largest absolute Gasteiger partial charge is 0.490 e. The third kappa shape index (κ3) is 6.19. The molecule has 31 heavy (non-hydrogen) atoms. The van der Waals surface area contributed by atoms with E-state index in [-0.39, 0.29) is 23.5 Å². The van der Waals surface area contributed by atoms with Crippen molar-refractivity contribution in [2.45, 2.75) is 37.7 Å². The van der Waals surface area contributed by atoms with Gasteiger partial charge in [0.15, 0.2) is 11.5 Å². The average Bonchev–Trinajstić information content (AvgIpc) is 3.28. The summed E-state index contributed by atoms with van der Waals surface area (Å²) in [6, 6.07) is 11.0. The molecule has 1 fully saturated rings. The molecule has 0 bridgehead atoms. The van der Waals surface area contributed by atoms with Crippen molar-refractivity contribution in [3.8, 4) is 11.5 Å². The Morgan fingerprint density at radius 3 is 2.42 bits per heavy atom. The molecule has 2 N–H and O–H groups in total. The molecule has 3 rings (SSSR count). The van der Waals surface area contributed by atoms with Gasteiger partial charge in [-0.1, -0.05) is 0 Å². The van der Waals surface area contributed by atoms with E-state index in [1.165, 1.54) is 12.1 Å². The van der Waals surface area contributed by atoms with Crippen LogP contribution in [0.25, 0.3) is 0 Å². The maximum Gasteiger partial charge on any atom is 0.255 e. The van der Waals surface area contributed by atoms with E-state index < -0.39 is 10.0 Å². The quantitative estimate of drug-likeness (QED) is 0.579. The molecule has 1 atom stereocenters. The van der Waals surface area contributed by atoms with E-state index in [4.69, 9.17) is 14.2 Å². The third-order valence-electron chi connectivity index (χ3n) is 4.75. The van der Waals surface area contributed by atoms with E-state index in [9.17, 15) is 13.2 Å². The minimum atomic E-state index is -3.64. The van der Waals surface area contributed by atoms with E-state index >= 15 is 0 Å². The Labute approximate surface area is 182 Å². The van der Waals surface area contributed by atoms with Gasteiger partial charge in [0.2, 0.25) is 10.0 Å². The summed E-state index contributed by atoms with van der Waals surface area (Å²) < 4.78 is 44.0. The Kier molecular flexibility index (Phi) is 7.89. The molecule has 1 heterocycles. The molecule has 1 aliphatic heterocycles. The molecule has 2 aromatic carbocycles. The van der Waals surface area contributed by atoms with Gasteiger partial charge in [0, 0.05) is 24.4 Å². The summed E-state index contributed by atoms with van der Waals surface area (Å²) in [6.07, 6.45) is 1.72. The lowest BCUT2D eigenvalue weighted by Gasteiger charge is -2.13. The third-order valence-corrected chi connectivity index (χ3v) is 6.19. The molecule has 1 amide bonds. The number of anilines is 1. The van der Waals surface area contributed by atoms with Crippen LogP contribution in [0.2, 0.25) is 0 Å². The summed E-state index contributed by atoms with van der Waals surface area (Å²) >= 11 is 0. The minimum absolute atomic E-state index is 0.0796. The fraction of sp³-hybridized carbons (Fsp3) is 0.409. The lowest BCUT2D eigenvalue weighted by atomic mass is 10.2. The molecule has 0 saturated carbocycles. The summed E-state index contributed by atoms with van der Waals surface area (Å²) in [5.74, 6) is 0.734. The monoisotopic (exact) mass is 448 g/mol. The van der Waals surface area contributed by atoms with Crippen LogP contribution >= 0.6 is 0 Å². The van der Waals surface area contributed by atoms with Crippen LogP contribution < -0.4 is 19.5 Å². The van der Waals surface area contributed by atoms with Crippen LogP contribution in [0.4, 0.5) is 5.69 Å². The zero-order chi connectivity index (χ0) is 22.3. The lowest BCUT2D eigenvalue weighted by molar-refractivity contribution is 0.102. The van der Waals surface area contributed by atoms with Crippen molar-refractivity contribution in [2.75, 3.05) is 31.7 Å². The number of amides is 1. The summed E-state index contributed by atoms with van der Waals surface area (Å²) in [5, 5.41) is 2.76. The second-order valence-corrected chi connectivity index (χ2v) is 8.76. The number of sulfonamides is 1. The molecule has 9 heteroatoms. The van der Waals surface area contributed by atoms with Crippen molar-refractivity contribution >= 4 is 21.6 Å². The first-order valence-electron chi connectivity index (χ1n) is 10.3. The Hall–Kier alpha value is -2.62. The average molecular weight is 449 g/mol. The second kappa shape index (κ2) is 10.6. The van der Waals surface area contributed by atoms with Gasteiger partial charge in [-0.15, -0.1) is 0 Å². The van der Waals surface area contributed by atoms with Gasteiger partial charge in [0.1, 0.15) is 0 Å². The fourth-order valence-electron chi connectivity index (χ4n) is 3.20. The Morgan fingerprint density at radius 1 is 1.06 bits per heavy atom.